The molecule has 0 aromatic carbocycles. The van der Waals surface area contributed by atoms with Gasteiger partial charge in [0.1, 0.15) is 6.61 Å². The molecule has 1 N–H and O–H groups in total. The second-order valence-corrected chi connectivity index (χ2v) is 18.8. The van der Waals surface area contributed by atoms with Gasteiger partial charge in [0.2, 0.25) is 0 Å². The maximum Gasteiger partial charge on any atom is 0.362 e. The summed E-state index contributed by atoms with van der Waals surface area (Å²) in [5, 5.41) is 9.65. The standard InChI is InChI=1S/C52H99NO7/c1-6-8-10-12-14-16-18-20-22-24-25-26-27-29-31-33-35-37-39-41-43-51(55)60-48(46-58-45-44-49(52(56)57)53(3,4)5)47-59-50(54)42-40-38-36-34-32-30-28-23-21-19-17-15-13-11-9-7-2/h23,28,48-49H,6-22,24-27,29-47H2,1-5H3/p+1/b28-23+. The van der Waals surface area contributed by atoms with Crippen LogP contribution in [0.4, 0.5) is 0 Å². The molecule has 0 fully saturated rings. The summed E-state index contributed by atoms with van der Waals surface area (Å²) in [6, 6.07) is -0.612. The SMILES string of the molecule is CCCCCCCCC/C=C/CCCCCCCC(=O)OCC(COCCC(C(=O)O)[N+](C)(C)C)OC(=O)CCCCCCCCCCCCCCCCCCCCCC. The molecule has 8 nitrogen and oxygen atoms in total. The summed E-state index contributed by atoms with van der Waals surface area (Å²) < 4.78 is 17.4. The number of carbonyl (C=O) groups is 3. The number of ether oxygens (including phenoxy) is 3. The van der Waals surface area contributed by atoms with Crippen LogP contribution in [0.5, 0.6) is 0 Å². The lowest BCUT2D eigenvalue weighted by Crippen LogP contribution is -2.50. The van der Waals surface area contributed by atoms with Crippen molar-refractivity contribution in [3.05, 3.63) is 12.2 Å². The van der Waals surface area contributed by atoms with E-state index in [9.17, 15) is 19.5 Å². The number of carboxylic acids is 1. The molecule has 0 aromatic heterocycles. The van der Waals surface area contributed by atoms with Crippen molar-refractivity contribution in [3.63, 3.8) is 0 Å². The van der Waals surface area contributed by atoms with Crippen molar-refractivity contribution < 1.29 is 38.2 Å². The van der Waals surface area contributed by atoms with Gasteiger partial charge in [0.15, 0.2) is 12.1 Å². The Bertz CT molecular complexity index is 993. The Morgan fingerprint density at radius 1 is 0.483 bits per heavy atom. The highest BCUT2D eigenvalue weighted by Crippen LogP contribution is 2.17. The Morgan fingerprint density at radius 2 is 0.833 bits per heavy atom. The third-order valence-corrected chi connectivity index (χ3v) is 11.9. The van der Waals surface area contributed by atoms with Gasteiger partial charge in [0, 0.05) is 19.3 Å². The Kier molecular flexibility index (Phi) is 42.3. The molecule has 2 unspecified atom stereocenters. The van der Waals surface area contributed by atoms with E-state index in [2.05, 4.69) is 26.0 Å². The highest BCUT2D eigenvalue weighted by molar-refractivity contribution is 5.72. The molecule has 0 saturated heterocycles. The molecule has 0 aromatic rings. The lowest BCUT2D eigenvalue weighted by Gasteiger charge is -2.31. The number of carboxylic acid groups (broad SMARTS) is 1. The summed E-state index contributed by atoms with van der Waals surface area (Å²) in [7, 11) is 5.54. The van der Waals surface area contributed by atoms with Crippen LogP contribution in [0.2, 0.25) is 0 Å². The van der Waals surface area contributed by atoms with Crippen LogP contribution in [0, 0.1) is 0 Å². The number of unbranched alkanes of at least 4 members (excludes halogenated alkanes) is 31. The predicted octanol–water partition coefficient (Wildman–Crippen LogP) is 14.6. The van der Waals surface area contributed by atoms with Crippen LogP contribution in [0.1, 0.15) is 251 Å². The van der Waals surface area contributed by atoms with Crippen molar-refractivity contribution in [3.8, 4) is 0 Å². The van der Waals surface area contributed by atoms with E-state index in [1.54, 1.807) is 0 Å². The van der Waals surface area contributed by atoms with Crippen molar-refractivity contribution in [1.29, 1.82) is 0 Å². The van der Waals surface area contributed by atoms with E-state index >= 15 is 0 Å². The summed E-state index contributed by atoms with van der Waals surface area (Å²) >= 11 is 0. The highest BCUT2D eigenvalue weighted by atomic mass is 16.6. The van der Waals surface area contributed by atoms with Crippen LogP contribution in [0.15, 0.2) is 12.2 Å². The summed E-state index contributed by atoms with van der Waals surface area (Å²) in [4.78, 5) is 37.1. The zero-order valence-corrected chi connectivity index (χ0v) is 40.4. The van der Waals surface area contributed by atoms with Crippen molar-refractivity contribution in [2.24, 2.45) is 0 Å². The molecule has 0 heterocycles. The minimum atomic E-state index is -0.872. The van der Waals surface area contributed by atoms with E-state index in [0.29, 0.717) is 19.3 Å². The molecule has 0 bridgehead atoms. The van der Waals surface area contributed by atoms with Crippen LogP contribution in [0.3, 0.4) is 0 Å². The number of hydrogen-bond acceptors (Lipinski definition) is 6. The fraction of sp³-hybridized carbons (Fsp3) is 0.904. The first-order valence-electron chi connectivity index (χ1n) is 25.7. The Morgan fingerprint density at radius 3 is 1.20 bits per heavy atom. The van der Waals surface area contributed by atoms with E-state index in [-0.39, 0.29) is 36.2 Å². The molecule has 354 valence electrons. The van der Waals surface area contributed by atoms with Gasteiger partial charge >= 0.3 is 17.9 Å². The second-order valence-electron chi connectivity index (χ2n) is 18.8. The number of allylic oxidation sites excluding steroid dienone is 2. The van der Waals surface area contributed by atoms with Crippen LogP contribution in [0.25, 0.3) is 0 Å². The van der Waals surface area contributed by atoms with Crippen LogP contribution < -0.4 is 0 Å². The molecule has 0 amide bonds. The summed E-state index contributed by atoms with van der Waals surface area (Å²) in [5.41, 5.74) is 0. The van der Waals surface area contributed by atoms with Gasteiger partial charge in [-0.1, -0.05) is 206 Å². The van der Waals surface area contributed by atoms with Crippen LogP contribution >= 0.6 is 0 Å². The third kappa shape index (κ3) is 41.4. The first-order chi connectivity index (χ1) is 29.1. The average Bonchev–Trinajstić information content (AvgIpc) is 3.21. The normalized spacial score (nSPS) is 12.9. The molecule has 0 saturated carbocycles. The quantitative estimate of drug-likeness (QED) is 0.0282. The van der Waals surface area contributed by atoms with E-state index in [0.717, 1.165) is 44.9 Å². The second kappa shape index (κ2) is 43.7. The van der Waals surface area contributed by atoms with E-state index in [1.165, 1.54) is 173 Å². The number of hydrogen-bond donors (Lipinski definition) is 1. The molecular formula is C52H100NO7+. The summed E-state index contributed by atoms with van der Waals surface area (Å²) in [5.74, 6) is -1.46. The number of aliphatic carboxylic acids is 1. The maximum absolute atomic E-state index is 12.8. The molecule has 0 radical (unpaired) electrons. The first-order valence-corrected chi connectivity index (χ1v) is 25.7. The molecule has 2 atom stereocenters. The van der Waals surface area contributed by atoms with Gasteiger partial charge in [-0.25, -0.2) is 4.79 Å². The topological polar surface area (TPSA) is 99.1 Å². The average molecular weight is 851 g/mol. The largest absolute Gasteiger partial charge is 0.477 e. The van der Waals surface area contributed by atoms with Crippen LogP contribution in [-0.4, -0.2) is 80.6 Å². The highest BCUT2D eigenvalue weighted by Gasteiger charge is 2.31. The van der Waals surface area contributed by atoms with Gasteiger partial charge < -0.3 is 23.8 Å². The number of esters is 2. The zero-order chi connectivity index (χ0) is 44.2. The van der Waals surface area contributed by atoms with Gasteiger partial charge in [-0.2, -0.15) is 0 Å². The molecule has 0 aliphatic heterocycles. The van der Waals surface area contributed by atoms with E-state index in [4.69, 9.17) is 14.2 Å². The Balaban J connectivity index is 4.21. The monoisotopic (exact) mass is 851 g/mol. The Hall–Kier alpha value is -1.93. The minimum Gasteiger partial charge on any atom is -0.477 e. The Labute approximate surface area is 371 Å². The smallest absolute Gasteiger partial charge is 0.362 e. The summed E-state index contributed by atoms with van der Waals surface area (Å²) in [6.07, 6.45) is 48.3. The molecular weight excluding hydrogens is 751 g/mol. The lowest BCUT2D eigenvalue weighted by atomic mass is 10.0. The lowest BCUT2D eigenvalue weighted by molar-refractivity contribution is -0.887. The van der Waals surface area contributed by atoms with Gasteiger partial charge in [-0.3, -0.25) is 9.59 Å². The minimum absolute atomic E-state index is 0.0489. The number of carbonyl (C=O) groups excluding carboxylic acids is 2. The van der Waals surface area contributed by atoms with Gasteiger partial charge in [-0.15, -0.1) is 0 Å². The van der Waals surface area contributed by atoms with E-state index < -0.39 is 18.1 Å². The van der Waals surface area contributed by atoms with Crippen molar-refractivity contribution >= 4 is 17.9 Å². The van der Waals surface area contributed by atoms with Crippen LogP contribution in [-0.2, 0) is 28.6 Å². The zero-order valence-electron chi connectivity index (χ0n) is 40.4. The molecule has 0 spiro atoms. The molecule has 0 aliphatic rings. The van der Waals surface area contributed by atoms with Gasteiger partial charge in [0.25, 0.3) is 0 Å². The van der Waals surface area contributed by atoms with Gasteiger partial charge in [-0.05, 0) is 38.5 Å². The van der Waals surface area contributed by atoms with Crippen molar-refractivity contribution in [1.82, 2.24) is 0 Å². The summed E-state index contributed by atoms with van der Waals surface area (Å²) in [6.45, 7) is 4.77. The fourth-order valence-electron chi connectivity index (χ4n) is 7.91. The molecule has 0 rings (SSSR count). The molecule has 0 aliphatic carbocycles. The number of quaternary nitrogens is 1. The van der Waals surface area contributed by atoms with Crippen molar-refractivity contribution in [2.45, 2.75) is 264 Å². The third-order valence-electron chi connectivity index (χ3n) is 11.9. The van der Waals surface area contributed by atoms with Crippen molar-refractivity contribution in [2.75, 3.05) is 41.0 Å². The number of rotatable bonds is 47. The first kappa shape index (κ1) is 58.1. The van der Waals surface area contributed by atoms with E-state index in [1.807, 2.05) is 21.1 Å². The fourth-order valence-corrected chi connectivity index (χ4v) is 7.91. The molecule has 8 heteroatoms. The molecule has 60 heavy (non-hydrogen) atoms. The maximum atomic E-state index is 12.8. The van der Waals surface area contributed by atoms with Gasteiger partial charge in [0.05, 0.1) is 34.4 Å². The number of nitrogens with zero attached hydrogens (tertiary/aromatic N) is 1. The predicted molar refractivity (Wildman–Crippen MR) is 252 cm³/mol. The number of likely N-dealkylation sites (N-methyl/N-ethyl adjacent to an activating group) is 1.